The van der Waals surface area contributed by atoms with Crippen LogP contribution in [-0.2, 0) is 4.79 Å². The van der Waals surface area contributed by atoms with Crippen molar-refractivity contribution in [2.45, 2.75) is 51.9 Å². The summed E-state index contributed by atoms with van der Waals surface area (Å²) in [5.74, 6) is 1.38. The van der Waals surface area contributed by atoms with Gasteiger partial charge in [-0.05, 0) is 43.6 Å². The minimum Gasteiger partial charge on any atom is -0.328 e. The van der Waals surface area contributed by atoms with Crippen molar-refractivity contribution in [3.8, 4) is 0 Å². The van der Waals surface area contributed by atoms with Gasteiger partial charge >= 0.3 is 0 Å². The van der Waals surface area contributed by atoms with Crippen LogP contribution in [0.25, 0.3) is 6.08 Å². The van der Waals surface area contributed by atoms with Gasteiger partial charge in [0.25, 0.3) is 5.91 Å². The molecule has 1 unspecified atom stereocenters. The monoisotopic (exact) mass is 428 g/mol. The number of carbonyl (C=O) groups excluding carboxylic acids is 1. The van der Waals surface area contributed by atoms with Crippen molar-refractivity contribution < 1.29 is 4.79 Å². The summed E-state index contributed by atoms with van der Waals surface area (Å²) in [6.07, 6.45) is 21.3. The lowest BCUT2D eigenvalue weighted by Crippen LogP contribution is -2.42. The van der Waals surface area contributed by atoms with E-state index < -0.39 is 0 Å². The van der Waals surface area contributed by atoms with Gasteiger partial charge in [0.2, 0.25) is 0 Å². The number of nitrogens with one attached hydrogen (secondary N) is 1. The lowest BCUT2D eigenvalue weighted by molar-refractivity contribution is -0.117. The number of hydrogen-bond donors (Lipinski definition) is 1. The molecule has 5 heteroatoms. The van der Waals surface area contributed by atoms with Crippen LogP contribution in [0.5, 0.6) is 0 Å². The molecule has 1 atom stereocenters. The summed E-state index contributed by atoms with van der Waals surface area (Å²) in [5, 5.41) is 2.88. The van der Waals surface area contributed by atoms with Gasteiger partial charge in [0, 0.05) is 36.1 Å². The van der Waals surface area contributed by atoms with Crippen molar-refractivity contribution in [3.63, 3.8) is 0 Å². The van der Waals surface area contributed by atoms with Crippen molar-refractivity contribution >= 4 is 12.0 Å². The maximum absolute atomic E-state index is 12.7. The molecule has 32 heavy (non-hydrogen) atoms. The third kappa shape index (κ3) is 4.98. The number of hydrogen-bond acceptors (Lipinski definition) is 4. The summed E-state index contributed by atoms with van der Waals surface area (Å²) in [5.41, 5.74) is 3.79. The Balaban J connectivity index is 1.46. The standard InChI is InChI=1S/C27H32N4O/c1-19-24(15-22-17-28-25(29-18-22)23-10-6-5-7-11-23)26(32)30-20(2)31(19)14-12-21-9-8-13-27(3,4)16-21/h5-7,9-10,15,17-18,23H,1-2,8,11-14,16H2,3-4H3,(H,30,32)/b24-15-. The van der Waals surface area contributed by atoms with Gasteiger partial charge in [0.15, 0.2) is 0 Å². The van der Waals surface area contributed by atoms with Crippen LogP contribution in [0.1, 0.15) is 63.3 Å². The fourth-order valence-corrected chi connectivity index (χ4v) is 4.56. The zero-order chi connectivity index (χ0) is 22.7. The SMILES string of the molecule is C=C1NC(=O)/C(=C\c2cnc(C3C=CC=CC3)nc2)C(=C)N1CCC1=CCCC(C)(C)C1. The van der Waals surface area contributed by atoms with Gasteiger partial charge in [-0.1, -0.05) is 63.0 Å². The first-order chi connectivity index (χ1) is 15.3. The lowest BCUT2D eigenvalue weighted by Gasteiger charge is -2.36. The van der Waals surface area contributed by atoms with E-state index in [1.54, 1.807) is 18.5 Å². The smallest absolute Gasteiger partial charge is 0.258 e. The van der Waals surface area contributed by atoms with Crippen LogP contribution < -0.4 is 5.32 Å². The van der Waals surface area contributed by atoms with Gasteiger partial charge in [-0.2, -0.15) is 0 Å². The van der Waals surface area contributed by atoms with E-state index in [0.29, 0.717) is 22.5 Å². The third-order valence-electron chi connectivity index (χ3n) is 6.40. The quantitative estimate of drug-likeness (QED) is 0.504. The van der Waals surface area contributed by atoms with Crippen molar-refractivity contribution in [3.05, 3.63) is 90.0 Å². The molecule has 0 bridgehead atoms. The fourth-order valence-electron chi connectivity index (χ4n) is 4.56. The zero-order valence-corrected chi connectivity index (χ0v) is 19.1. The van der Waals surface area contributed by atoms with Gasteiger partial charge in [0.1, 0.15) is 11.6 Å². The Kier molecular flexibility index (Phi) is 6.26. The highest BCUT2D eigenvalue weighted by atomic mass is 16.2. The maximum atomic E-state index is 12.7. The second-order valence-electron chi connectivity index (χ2n) is 9.58. The van der Waals surface area contributed by atoms with E-state index in [9.17, 15) is 4.79 Å². The first-order valence-electron chi connectivity index (χ1n) is 11.3. The topological polar surface area (TPSA) is 58.1 Å². The van der Waals surface area contributed by atoms with E-state index in [1.807, 2.05) is 17.1 Å². The average Bonchev–Trinajstić information content (AvgIpc) is 2.77. The van der Waals surface area contributed by atoms with Crippen LogP contribution in [0.3, 0.4) is 0 Å². The molecule has 166 valence electrons. The van der Waals surface area contributed by atoms with Gasteiger partial charge in [-0.15, -0.1) is 0 Å². The normalized spacial score (nSPS) is 24.0. The van der Waals surface area contributed by atoms with Crippen LogP contribution in [0.2, 0.25) is 0 Å². The summed E-state index contributed by atoms with van der Waals surface area (Å²) >= 11 is 0. The molecule has 0 spiro atoms. The molecule has 0 radical (unpaired) electrons. The molecule has 5 nitrogen and oxygen atoms in total. The highest BCUT2D eigenvalue weighted by molar-refractivity contribution is 6.03. The number of nitrogens with zero attached hydrogens (tertiary/aromatic N) is 3. The third-order valence-corrected chi connectivity index (χ3v) is 6.40. The molecule has 1 aliphatic heterocycles. The minimum atomic E-state index is -0.196. The highest BCUT2D eigenvalue weighted by Gasteiger charge is 2.28. The summed E-state index contributed by atoms with van der Waals surface area (Å²) in [6, 6.07) is 0. The number of rotatable bonds is 5. The maximum Gasteiger partial charge on any atom is 0.258 e. The van der Waals surface area contributed by atoms with Gasteiger partial charge in [-0.25, -0.2) is 9.97 Å². The van der Waals surface area contributed by atoms with E-state index in [0.717, 1.165) is 43.6 Å². The summed E-state index contributed by atoms with van der Waals surface area (Å²) in [4.78, 5) is 23.7. The van der Waals surface area contributed by atoms with Crippen molar-refractivity contribution in [1.82, 2.24) is 20.2 Å². The Morgan fingerprint density at radius 1 is 1.25 bits per heavy atom. The molecular weight excluding hydrogens is 396 g/mol. The van der Waals surface area contributed by atoms with E-state index in [4.69, 9.17) is 0 Å². The molecule has 2 aliphatic carbocycles. The fraction of sp³-hybridized carbons (Fsp3) is 0.370. The van der Waals surface area contributed by atoms with E-state index in [-0.39, 0.29) is 11.8 Å². The highest BCUT2D eigenvalue weighted by Crippen LogP contribution is 2.37. The number of carbonyl (C=O) groups is 1. The van der Waals surface area contributed by atoms with Crippen LogP contribution in [-0.4, -0.2) is 27.3 Å². The molecule has 0 saturated carbocycles. The Morgan fingerprint density at radius 3 is 2.72 bits per heavy atom. The minimum absolute atomic E-state index is 0.196. The molecule has 1 N–H and O–H groups in total. The van der Waals surface area contributed by atoms with Crippen molar-refractivity contribution in [1.29, 1.82) is 0 Å². The van der Waals surface area contributed by atoms with Crippen LogP contribution in [0.15, 0.2) is 78.6 Å². The first kappa shape index (κ1) is 22.0. The predicted molar refractivity (Wildman–Crippen MR) is 129 cm³/mol. The van der Waals surface area contributed by atoms with Gasteiger partial charge in [-0.3, -0.25) is 4.79 Å². The second-order valence-corrected chi connectivity index (χ2v) is 9.58. The molecule has 1 aromatic heterocycles. The second kappa shape index (κ2) is 9.11. The number of amides is 1. The summed E-state index contributed by atoms with van der Waals surface area (Å²) in [6.45, 7) is 13.7. The Bertz CT molecular complexity index is 1040. The Labute approximate surface area is 191 Å². The van der Waals surface area contributed by atoms with Crippen molar-refractivity contribution in [2.75, 3.05) is 6.54 Å². The molecule has 3 aliphatic rings. The summed E-state index contributed by atoms with van der Waals surface area (Å²) < 4.78 is 0. The molecule has 0 aromatic carbocycles. The molecular formula is C27H32N4O. The van der Waals surface area contributed by atoms with E-state index in [1.165, 1.54) is 12.0 Å². The Hall–Kier alpha value is -3.21. The summed E-state index contributed by atoms with van der Waals surface area (Å²) in [7, 11) is 0. The molecule has 1 fully saturated rings. The molecule has 1 aromatic rings. The van der Waals surface area contributed by atoms with Crippen molar-refractivity contribution in [2.24, 2.45) is 5.41 Å². The molecule has 1 amide bonds. The van der Waals surface area contributed by atoms with E-state index >= 15 is 0 Å². The van der Waals surface area contributed by atoms with E-state index in [2.05, 4.69) is 60.5 Å². The van der Waals surface area contributed by atoms with Crippen LogP contribution in [0.4, 0.5) is 0 Å². The first-order valence-corrected chi connectivity index (χ1v) is 11.3. The zero-order valence-electron chi connectivity index (χ0n) is 19.1. The predicted octanol–water partition coefficient (Wildman–Crippen LogP) is 5.40. The largest absolute Gasteiger partial charge is 0.328 e. The lowest BCUT2D eigenvalue weighted by atomic mass is 9.76. The molecule has 1 saturated heterocycles. The molecule has 2 heterocycles. The number of allylic oxidation sites excluding steroid dienone is 5. The Morgan fingerprint density at radius 2 is 2.03 bits per heavy atom. The van der Waals surface area contributed by atoms with Gasteiger partial charge in [0.05, 0.1) is 5.57 Å². The van der Waals surface area contributed by atoms with Crippen LogP contribution >= 0.6 is 0 Å². The average molecular weight is 429 g/mol. The molecule has 4 rings (SSSR count). The van der Waals surface area contributed by atoms with Crippen LogP contribution in [0, 0.1) is 5.41 Å². The van der Waals surface area contributed by atoms with Gasteiger partial charge < -0.3 is 10.2 Å². The number of aromatic nitrogens is 2.